The van der Waals surface area contributed by atoms with Crippen LogP contribution in [0.1, 0.15) is 41.7 Å². The molecule has 0 N–H and O–H groups in total. The van der Waals surface area contributed by atoms with Gasteiger partial charge in [-0.3, -0.25) is 4.79 Å². The minimum atomic E-state index is -0.823. The normalized spacial score (nSPS) is 13.9. The van der Waals surface area contributed by atoms with E-state index < -0.39 is 11.8 Å². The number of ether oxygens (including phenoxy) is 1. The molecular weight excluding hydrogens is 348 g/mol. The fourth-order valence-electron chi connectivity index (χ4n) is 2.34. The van der Waals surface area contributed by atoms with Crippen molar-refractivity contribution in [2.45, 2.75) is 25.7 Å². The molecule has 5 nitrogen and oxygen atoms in total. The Morgan fingerprint density at radius 1 is 1.32 bits per heavy atom. The number of ketones is 1. The highest BCUT2D eigenvalue weighted by Gasteiger charge is 2.30. The third kappa shape index (κ3) is 2.83. The van der Waals surface area contributed by atoms with E-state index in [4.69, 9.17) is 4.74 Å². The van der Waals surface area contributed by atoms with Crippen LogP contribution in [0.2, 0.25) is 0 Å². The third-order valence-electron chi connectivity index (χ3n) is 3.56. The Morgan fingerprint density at radius 3 is 2.59 bits per heavy atom. The van der Waals surface area contributed by atoms with Crippen molar-refractivity contribution < 1.29 is 14.3 Å². The van der Waals surface area contributed by atoms with Gasteiger partial charge >= 0.3 is 5.97 Å². The van der Waals surface area contributed by atoms with Gasteiger partial charge in [-0.15, -0.1) is 0 Å². The summed E-state index contributed by atoms with van der Waals surface area (Å²) in [7, 11) is 0. The first-order valence-corrected chi connectivity index (χ1v) is 7.96. The summed E-state index contributed by atoms with van der Waals surface area (Å²) in [5, 5.41) is 4.38. The molecule has 1 aliphatic carbocycles. The van der Waals surface area contributed by atoms with E-state index in [-0.39, 0.29) is 6.61 Å². The Morgan fingerprint density at radius 2 is 2.00 bits per heavy atom. The van der Waals surface area contributed by atoms with Gasteiger partial charge in [0.25, 0.3) is 5.78 Å². The maximum Gasteiger partial charge on any atom is 0.379 e. The van der Waals surface area contributed by atoms with Gasteiger partial charge in [0.1, 0.15) is 0 Å². The van der Waals surface area contributed by atoms with Crippen molar-refractivity contribution in [3.63, 3.8) is 0 Å². The number of carbonyl (C=O) groups excluding carboxylic acids is 2. The van der Waals surface area contributed by atoms with Crippen molar-refractivity contribution in [1.82, 2.24) is 9.78 Å². The van der Waals surface area contributed by atoms with Gasteiger partial charge in [0.2, 0.25) is 0 Å². The van der Waals surface area contributed by atoms with Crippen LogP contribution in [0.5, 0.6) is 0 Å². The van der Waals surface area contributed by atoms with Crippen molar-refractivity contribution in [2.24, 2.45) is 0 Å². The van der Waals surface area contributed by atoms with Crippen LogP contribution in [-0.2, 0) is 9.53 Å². The molecule has 0 aliphatic heterocycles. The Kier molecular flexibility index (Phi) is 4.11. The van der Waals surface area contributed by atoms with E-state index in [2.05, 4.69) is 21.0 Å². The quantitative estimate of drug-likeness (QED) is 0.465. The molecule has 114 valence electrons. The smallest absolute Gasteiger partial charge is 0.379 e. The Bertz CT molecular complexity index is 717. The minimum absolute atomic E-state index is 0.189. The summed E-state index contributed by atoms with van der Waals surface area (Å²) in [5.41, 5.74) is 2.35. The SMILES string of the molecule is CCOC(=O)C(=O)c1ccc(-n2ncc(Br)c2C2CC2)cc1. The van der Waals surface area contributed by atoms with Crippen molar-refractivity contribution >= 4 is 27.7 Å². The van der Waals surface area contributed by atoms with Crippen LogP contribution in [0.4, 0.5) is 0 Å². The lowest BCUT2D eigenvalue weighted by Gasteiger charge is -2.08. The second-order valence-electron chi connectivity index (χ2n) is 5.16. The van der Waals surface area contributed by atoms with Gasteiger partial charge in [0.15, 0.2) is 0 Å². The van der Waals surface area contributed by atoms with Crippen molar-refractivity contribution in [3.05, 3.63) is 46.2 Å². The predicted molar refractivity (Wildman–Crippen MR) is 84.2 cm³/mol. The summed E-state index contributed by atoms with van der Waals surface area (Å²) in [6, 6.07) is 6.83. The molecule has 1 heterocycles. The molecule has 0 saturated heterocycles. The van der Waals surface area contributed by atoms with E-state index in [1.165, 1.54) is 12.8 Å². The summed E-state index contributed by atoms with van der Waals surface area (Å²) in [6.07, 6.45) is 4.12. The lowest BCUT2D eigenvalue weighted by molar-refractivity contribution is -0.137. The molecule has 1 aromatic heterocycles. The first kappa shape index (κ1) is 15.0. The maximum atomic E-state index is 11.9. The van der Waals surface area contributed by atoms with Gasteiger partial charge < -0.3 is 4.74 Å². The lowest BCUT2D eigenvalue weighted by Crippen LogP contribution is -2.17. The summed E-state index contributed by atoms with van der Waals surface area (Å²) in [6.45, 7) is 1.86. The number of esters is 1. The monoisotopic (exact) mass is 362 g/mol. The van der Waals surface area contributed by atoms with E-state index in [0.29, 0.717) is 11.5 Å². The van der Waals surface area contributed by atoms with Gasteiger partial charge in [0, 0.05) is 11.5 Å². The predicted octanol–water partition coefficient (Wildman–Crippen LogP) is 3.26. The highest BCUT2D eigenvalue weighted by molar-refractivity contribution is 9.10. The van der Waals surface area contributed by atoms with Crippen LogP contribution in [0.15, 0.2) is 34.9 Å². The fraction of sp³-hybridized carbons (Fsp3) is 0.312. The maximum absolute atomic E-state index is 11.9. The van der Waals surface area contributed by atoms with Gasteiger partial charge in [-0.25, -0.2) is 9.48 Å². The van der Waals surface area contributed by atoms with E-state index >= 15 is 0 Å². The number of nitrogens with zero attached hydrogens (tertiary/aromatic N) is 2. The van der Waals surface area contributed by atoms with Crippen molar-refractivity contribution in [1.29, 1.82) is 0 Å². The molecule has 1 saturated carbocycles. The number of benzene rings is 1. The summed E-state index contributed by atoms with van der Waals surface area (Å²) < 4.78 is 7.60. The topological polar surface area (TPSA) is 61.2 Å². The average Bonchev–Trinajstić information content (AvgIpc) is 3.29. The summed E-state index contributed by atoms with van der Waals surface area (Å²) in [5.74, 6) is -0.911. The van der Waals surface area contributed by atoms with Crippen LogP contribution in [0, 0.1) is 0 Å². The summed E-state index contributed by atoms with van der Waals surface area (Å²) >= 11 is 3.53. The molecule has 0 bridgehead atoms. The number of aromatic nitrogens is 2. The van der Waals surface area contributed by atoms with Crippen molar-refractivity contribution in [2.75, 3.05) is 6.61 Å². The molecule has 6 heteroatoms. The molecular formula is C16H15BrN2O3. The number of rotatable bonds is 5. The Balaban J connectivity index is 1.86. The minimum Gasteiger partial charge on any atom is -0.460 e. The zero-order chi connectivity index (χ0) is 15.7. The highest BCUT2D eigenvalue weighted by atomic mass is 79.9. The second kappa shape index (κ2) is 6.04. The molecule has 0 unspecified atom stereocenters. The molecule has 0 atom stereocenters. The Labute approximate surface area is 136 Å². The highest BCUT2D eigenvalue weighted by Crippen LogP contribution is 2.43. The van der Waals surface area contributed by atoms with Gasteiger partial charge in [-0.05, 0) is 60.0 Å². The van der Waals surface area contributed by atoms with Gasteiger partial charge in [0.05, 0.1) is 28.7 Å². The van der Waals surface area contributed by atoms with E-state index in [1.54, 1.807) is 37.4 Å². The number of halogens is 1. The Hall–Kier alpha value is -1.95. The van der Waals surface area contributed by atoms with Crippen molar-refractivity contribution in [3.8, 4) is 5.69 Å². The number of hydrogen-bond acceptors (Lipinski definition) is 4. The summed E-state index contributed by atoms with van der Waals surface area (Å²) in [4.78, 5) is 23.3. The molecule has 1 aliphatic rings. The fourth-order valence-corrected chi connectivity index (χ4v) is 2.92. The first-order valence-electron chi connectivity index (χ1n) is 7.17. The number of hydrogen-bond donors (Lipinski definition) is 0. The zero-order valence-corrected chi connectivity index (χ0v) is 13.7. The van der Waals surface area contributed by atoms with E-state index in [1.807, 2.05) is 4.68 Å². The standard InChI is InChI=1S/C16H15BrN2O3/c1-2-22-16(21)15(20)11-5-7-12(8-6-11)19-14(10-3-4-10)13(17)9-18-19/h5-10H,2-4H2,1H3. The number of carbonyl (C=O) groups is 2. The lowest BCUT2D eigenvalue weighted by atomic mass is 10.1. The van der Waals surface area contributed by atoms with Crippen LogP contribution >= 0.6 is 15.9 Å². The molecule has 1 fully saturated rings. The van der Waals surface area contributed by atoms with Gasteiger partial charge in [-0.1, -0.05) is 0 Å². The van der Waals surface area contributed by atoms with Gasteiger partial charge in [-0.2, -0.15) is 5.10 Å². The van der Waals surface area contributed by atoms with E-state index in [0.717, 1.165) is 15.9 Å². The molecule has 0 spiro atoms. The molecule has 1 aromatic carbocycles. The second-order valence-corrected chi connectivity index (χ2v) is 6.01. The van der Waals surface area contributed by atoms with Crippen LogP contribution in [0.3, 0.4) is 0 Å². The molecule has 0 radical (unpaired) electrons. The zero-order valence-electron chi connectivity index (χ0n) is 12.1. The molecule has 3 rings (SSSR count). The first-order chi connectivity index (χ1) is 10.6. The molecule has 22 heavy (non-hydrogen) atoms. The average molecular weight is 363 g/mol. The van der Waals surface area contributed by atoms with E-state index in [9.17, 15) is 9.59 Å². The van der Waals surface area contributed by atoms with Crippen LogP contribution in [-0.4, -0.2) is 28.1 Å². The molecule has 2 aromatic rings. The van der Waals surface area contributed by atoms with Crippen LogP contribution in [0.25, 0.3) is 5.69 Å². The van der Waals surface area contributed by atoms with Crippen LogP contribution < -0.4 is 0 Å². The number of Topliss-reactive ketones (excluding diaryl/α,β-unsaturated/α-hetero) is 1. The molecule has 0 amide bonds. The largest absolute Gasteiger partial charge is 0.460 e. The third-order valence-corrected chi connectivity index (χ3v) is 4.17.